The van der Waals surface area contributed by atoms with Crippen molar-refractivity contribution in [2.45, 2.75) is 36.6 Å². The Morgan fingerprint density at radius 2 is 1.83 bits per heavy atom. The molecule has 2 fully saturated rings. The highest BCUT2D eigenvalue weighted by molar-refractivity contribution is 7.90. The number of sulfone groups is 1. The molecule has 5 rings (SSSR count). The molecule has 0 amide bonds. The molecule has 0 bridgehead atoms. The lowest BCUT2D eigenvalue weighted by molar-refractivity contribution is 0.00610. The van der Waals surface area contributed by atoms with Gasteiger partial charge in [0.25, 0.3) is 0 Å². The lowest BCUT2D eigenvalue weighted by Crippen LogP contribution is -2.50. The van der Waals surface area contributed by atoms with Crippen LogP contribution in [0.15, 0.2) is 35.2 Å². The summed E-state index contributed by atoms with van der Waals surface area (Å²) in [6.45, 7) is 4.49. The summed E-state index contributed by atoms with van der Waals surface area (Å²) < 4.78 is 63.0. The number of benzene rings is 1. The van der Waals surface area contributed by atoms with Gasteiger partial charge in [-0.2, -0.15) is 4.31 Å². The molecule has 2 aliphatic heterocycles. The van der Waals surface area contributed by atoms with Gasteiger partial charge in [-0.25, -0.2) is 16.8 Å². The maximum absolute atomic E-state index is 13.5. The molecule has 2 aromatic rings. The Kier molecular flexibility index (Phi) is 9.27. The van der Waals surface area contributed by atoms with Crippen LogP contribution in [-0.4, -0.2) is 102 Å². The molecule has 41 heavy (non-hydrogen) atoms. The molecule has 13 heteroatoms. The van der Waals surface area contributed by atoms with Crippen molar-refractivity contribution in [2.24, 2.45) is 0 Å². The number of piperidine rings is 1. The molecule has 1 aromatic heterocycles. The van der Waals surface area contributed by atoms with E-state index in [2.05, 4.69) is 10.2 Å². The van der Waals surface area contributed by atoms with Crippen molar-refractivity contribution < 1.29 is 26.3 Å². The van der Waals surface area contributed by atoms with Crippen LogP contribution in [0.1, 0.15) is 35.4 Å². The highest BCUT2D eigenvalue weighted by Crippen LogP contribution is 2.37. The smallest absolute Gasteiger partial charge is 0.243 e. The van der Waals surface area contributed by atoms with Crippen LogP contribution in [0.25, 0.3) is 5.03 Å². The Morgan fingerprint density at radius 3 is 2.51 bits per heavy atom. The molecule has 0 radical (unpaired) electrons. The average molecular weight is 625 g/mol. The number of morpholine rings is 1. The van der Waals surface area contributed by atoms with Crippen LogP contribution in [-0.2, 0) is 37.4 Å². The van der Waals surface area contributed by atoms with E-state index in [1.165, 1.54) is 13.4 Å². The second kappa shape index (κ2) is 12.6. The van der Waals surface area contributed by atoms with E-state index < -0.39 is 19.9 Å². The number of nitrogens with zero attached hydrogens (tertiary/aromatic N) is 3. The quantitative estimate of drug-likeness (QED) is 0.426. The van der Waals surface area contributed by atoms with Gasteiger partial charge in [0, 0.05) is 91.5 Å². The predicted molar refractivity (Wildman–Crippen MR) is 160 cm³/mol. The molecule has 1 aliphatic carbocycles. The van der Waals surface area contributed by atoms with Crippen LogP contribution < -0.4 is 10.1 Å². The number of allylic oxidation sites excluding steroid dienone is 1. The lowest BCUT2D eigenvalue weighted by atomic mass is 10.0. The minimum absolute atomic E-state index is 0.00455. The van der Waals surface area contributed by atoms with Gasteiger partial charge in [0.15, 0.2) is 0 Å². The van der Waals surface area contributed by atoms with Crippen molar-refractivity contribution in [3.63, 3.8) is 0 Å². The van der Waals surface area contributed by atoms with Gasteiger partial charge in [-0.05, 0) is 25.0 Å². The SMILES string of the molecule is COc1cc(S(=O)(=O)N2CCC(N3CCOCC3)CC2)ccc1Cc1cc(NCCS(C)(=O)=O)c2c(n1)CC=C2Cl. The second-order valence-corrected chi connectivity index (χ2v) is 15.3. The number of rotatable bonds is 10. The number of methoxy groups -OCH3 is 1. The van der Waals surface area contributed by atoms with E-state index in [1.54, 1.807) is 22.5 Å². The molecule has 10 nitrogen and oxygen atoms in total. The highest BCUT2D eigenvalue weighted by Gasteiger charge is 2.32. The molecule has 0 atom stereocenters. The van der Waals surface area contributed by atoms with Crippen molar-refractivity contribution in [3.8, 4) is 5.75 Å². The van der Waals surface area contributed by atoms with E-state index in [0.717, 1.165) is 67.3 Å². The van der Waals surface area contributed by atoms with E-state index in [9.17, 15) is 16.8 Å². The Labute approximate surface area is 247 Å². The zero-order valence-corrected chi connectivity index (χ0v) is 25.8. The number of anilines is 1. The van der Waals surface area contributed by atoms with Crippen molar-refractivity contribution in [3.05, 3.63) is 52.9 Å². The fourth-order valence-corrected chi connectivity index (χ4v) is 7.97. The van der Waals surface area contributed by atoms with E-state index >= 15 is 0 Å². The van der Waals surface area contributed by atoms with Crippen molar-refractivity contribution in [1.82, 2.24) is 14.2 Å². The van der Waals surface area contributed by atoms with Crippen LogP contribution in [0, 0.1) is 0 Å². The molecule has 224 valence electrons. The molecule has 0 saturated carbocycles. The van der Waals surface area contributed by atoms with Crippen molar-refractivity contribution in [2.75, 3.05) is 70.4 Å². The first-order valence-corrected chi connectivity index (χ1v) is 17.7. The third-order valence-electron chi connectivity index (χ3n) is 7.90. The van der Waals surface area contributed by atoms with E-state index in [4.69, 9.17) is 26.1 Å². The van der Waals surface area contributed by atoms with Gasteiger partial charge in [-0.3, -0.25) is 9.88 Å². The summed E-state index contributed by atoms with van der Waals surface area (Å²) in [5, 5.41) is 3.79. The predicted octanol–water partition coefficient (Wildman–Crippen LogP) is 2.76. The van der Waals surface area contributed by atoms with E-state index in [0.29, 0.717) is 42.8 Å². The number of aromatic nitrogens is 1. The summed E-state index contributed by atoms with van der Waals surface area (Å²) in [6.07, 6.45) is 5.68. The van der Waals surface area contributed by atoms with Crippen LogP contribution >= 0.6 is 11.6 Å². The standard InChI is InChI=1S/C28H37ClN4O6S2/c1-38-27-19-23(41(36,37)33-10-7-22(8-11-33)32-12-14-39-15-13-32)4-3-20(27)17-21-18-26(30-9-16-40(2,34)35)28-24(29)5-6-25(28)31-21/h3-5,18-19,22H,6-17H2,1-2H3,(H,30,31). The number of ether oxygens (including phenoxy) is 2. The first kappa shape index (κ1) is 30.2. The largest absolute Gasteiger partial charge is 0.496 e. The first-order chi connectivity index (χ1) is 19.5. The fraction of sp³-hybridized carbons (Fsp3) is 0.536. The van der Waals surface area contributed by atoms with Gasteiger partial charge >= 0.3 is 0 Å². The summed E-state index contributed by atoms with van der Waals surface area (Å²) >= 11 is 6.42. The maximum Gasteiger partial charge on any atom is 0.243 e. The topological polar surface area (TPSA) is 118 Å². The molecule has 3 aliphatic rings. The summed E-state index contributed by atoms with van der Waals surface area (Å²) in [6, 6.07) is 7.26. The van der Waals surface area contributed by atoms with Gasteiger partial charge < -0.3 is 14.8 Å². The minimum atomic E-state index is -3.67. The van der Waals surface area contributed by atoms with Crippen molar-refractivity contribution >= 4 is 42.2 Å². The Hall–Kier alpha value is -2.22. The second-order valence-electron chi connectivity index (χ2n) is 10.7. The highest BCUT2D eigenvalue weighted by atomic mass is 35.5. The van der Waals surface area contributed by atoms with Gasteiger partial charge in [-0.1, -0.05) is 23.7 Å². The zero-order valence-electron chi connectivity index (χ0n) is 23.4. The molecular weight excluding hydrogens is 588 g/mol. The first-order valence-electron chi connectivity index (χ1n) is 13.8. The molecule has 2 saturated heterocycles. The fourth-order valence-electron chi connectivity index (χ4n) is 5.73. The summed E-state index contributed by atoms with van der Waals surface area (Å²) in [5.74, 6) is 0.467. The summed E-state index contributed by atoms with van der Waals surface area (Å²) in [7, 11) is -5.26. The molecule has 1 N–H and O–H groups in total. The van der Waals surface area contributed by atoms with Gasteiger partial charge in [0.05, 0.1) is 36.7 Å². The van der Waals surface area contributed by atoms with E-state index in [-0.39, 0.29) is 17.2 Å². The van der Waals surface area contributed by atoms with Gasteiger partial charge in [0.1, 0.15) is 15.6 Å². The number of nitrogens with one attached hydrogen (secondary N) is 1. The Morgan fingerprint density at radius 1 is 1.10 bits per heavy atom. The van der Waals surface area contributed by atoms with Crippen LogP contribution in [0.2, 0.25) is 0 Å². The van der Waals surface area contributed by atoms with Crippen LogP contribution in [0.4, 0.5) is 5.69 Å². The third-order valence-corrected chi connectivity index (χ3v) is 11.1. The third kappa shape index (κ3) is 7.06. The number of hydrogen-bond donors (Lipinski definition) is 1. The molecule has 3 heterocycles. The number of pyridine rings is 1. The number of fused-ring (bicyclic) bond motifs is 1. The van der Waals surface area contributed by atoms with Crippen LogP contribution in [0.5, 0.6) is 5.75 Å². The monoisotopic (exact) mass is 624 g/mol. The Bertz CT molecular complexity index is 1520. The molecule has 0 spiro atoms. The number of hydrogen-bond acceptors (Lipinski definition) is 9. The number of sulfonamides is 1. The Balaban J connectivity index is 1.31. The zero-order chi connectivity index (χ0) is 29.2. The summed E-state index contributed by atoms with van der Waals surface area (Å²) in [5.41, 5.74) is 3.86. The average Bonchev–Trinajstić information content (AvgIpc) is 3.33. The molecular formula is C28H37ClN4O6S2. The van der Waals surface area contributed by atoms with Gasteiger partial charge in [0.2, 0.25) is 10.0 Å². The molecule has 0 unspecified atom stereocenters. The minimum Gasteiger partial charge on any atom is -0.496 e. The van der Waals surface area contributed by atoms with Crippen molar-refractivity contribution in [1.29, 1.82) is 0 Å². The van der Waals surface area contributed by atoms with Crippen LogP contribution in [0.3, 0.4) is 0 Å². The lowest BCUT2D eigenvalue weighted by Gasteiger charge is -2.39. The maximum atomic E-state index is 13.5. The van der Waals surface area contributed by atoms with E-state index in [1.807, 2.05) is 12.1 Å². The normalized spacial score (nSPS) is 19.1. The number of halogens is 1. The summed E-state index contributed by atoms with van der Waals surface area (Å²) in [4.78, 5) is 7.42. The van der Waals surface area contributed by atoms with Gasteiger partial charge in [-0.15, -0.1) is 0 Å². The molecule has 1 aromatic carbocycles.